The summed E-state index contributed by atoms with van der Waals surface area (Å²) < 4.78 is 2.16. The Morgan fingerprint density at radius 3 is 2.35 bits per heavy atom. The molecule has 0 fully saturated rings. The molecule has 0 spiro atoms. The number of nitrogens with zero attached hydrogens (tertiary/aromatic N) is 3. The summed E-state index contributed by atoms with van der Waals surface area (Å²) in [4.78, 5) is 12.4. The molecule has 1 atom stereocenters. The quantitative estimate of drug-likeness (QED) is 0.231. The van der Waals surface area contributed by atoms with E-state index in [0.717, 1.165) is 34.4 Å². The van der Waals surface area contributed by atoms with Crippen molar-refractivity contribution in [2.45, 2.75) is 44.3 Å². The maximum atomic E-state index is 12.4. The van der Waals surface area contributed by atoms with Crippen molar-refractivity contribution in [2.24, 2.45) is 0 Å². The molecule has 1 heterocycles. The Bertz CT molecular complexity index is 1210. The van der Waals surface area contributed by atoms with Gasteiger partial charge >= 0.3 is 0 Å². The summed E-state index contributed by atoms with van der Waals surface area (Å²) in [5.41, 5.74) is 4.58. The predicted octanol–water partition coefficient (Wildman–Crippen LogP) is 5.92. The summed E-state index contributed by atoms with van der Waals surface area (Å²) in [6, 6.07) is 28.7. The third-order valence-electron chi connectivity index (χ3n) is 5.72. The molecule has 4 rings (SSSR count). The topological polar surface area (TPSA) is 59.8 Å². The lowest BCUT2D eigenvalue weighted by atomic mass is 10.1. The summed E-state index contributed by atoms with van der Waals surface area (Å²) >= 11 is 1.65. The fraction of sp³-hybridized carbons (Fsp3) is 0.250. The van der Waals surface area contributed by atoms with Gasteiger partial charge in [-0.3, -0.25) is 9.36 Å². The van der Waals surface area contributed by atoms with Gasteiger partial charge in [0.05, 0.1) is 11.7 Å². The maximum Gasteiger partial charge on any atom is 0.220 e. The van der Waals surface area contributed by atoms with Crippen molar-refractivity contribution in [3.63, 3.8) is 0 Å². The van der Waals surface area contributed by atoms with E-state index < -0.39 is 0 Å². The molecule has 0 saturated heterocycles. The molecule has 3 aromatic carbocycles. The van der Waals surface area contributed by atoms with Crippen LogP contribution in [0.25, 0.3) is 5.69 Å². The standard InChI is InChI=1S/C28H30N4OS/c1-21-12-9-10-17-25(21)32-26(20-23-13-5-3-6-14-23)30-31-28(32)34-19-11-18-27(33)29-22(2)24-15-7-4-8-16-24/h3-10,12-17,22H,11,18-20H2,1-2H3,(H,29,33). The Labute approximate surface area is 205 Å². The van der Waals surface area contributed by atoms with Gasteiger partial charge in [-0.25, -0.2) is 0 Å². The molecule has 4 aromatic rings. The van der Waals surface area contributed by atoms with Crippen LogP contribution in [0.3, 0.4) is 0 Å². The van der Waals surface area contributed by atoms with E-state index in [4.69, 9.17) is 0 Å². The van der Waals surface area contributed by atoms with Gasteiger partial charge in [0, 0.05) is 18.6 Å². The lowest BCUT2D eigenvalue weighted by Gasteiger charge is -2.14. The first-order valence-corrected chi connectivity index (χ1v) is 12.6. The number of para-hydroxylation sites is 1. The van der Waals surface area contributed by atoms with Gasteiger partial charge in [-0.2, -0.15) is 0 Å². The molecule has 0 bridgehead atoms. The van der Waals surface area contributed by atoms with E-state index in [1.54, 1.807) is 11.8 Å². The number of carbonyl (C=O) groups is 1. The second-order valence-electron chi connectivity index (χ2n) is 8.33. The van der Waals surface area contributed by atoms with E-state index in [0.29, 0.717) is 12.8 Å². The average Bonchev–Trinajstić information content (AvgIpc) is 3.25. The van der Waals surface area contributed by atoms with Gasteiger partial charge in [-0.15, -0.1) is 10.2 Å². The Hall–Kier alpha value is -3.38. The van der Waals surface area contributed by atoms with Crippen LogP contribution >= 0.6 is 11.8 Å². The van der Waals surface area contributed by atoms with Crippen LogP contribution in [-0.2, 0) is 11.2 Å². The first-order valence-electron chi connectivity index (χ1n) is 11.6. The minimum absolute atomic E-state index is 0.00560. The summed E-state index contributed by atoms with van der Waals surface area (Å²) in [7, 11) is 0. The van der Waals surface area contributed by atoms with Crippen molar-refractivity contribution in [2.75, 3.05) is 5.75 Å². The number of amides is 1. The monoisotopic (exact) mass is 470 g/mol. The zero-order valence-electron chi connectivity index (χ0n) is 19.6. The normalized spacial score (nSPS) is 11.8. The molecule has 0 radical (unpaired) electrons. The first-order chi connectivity index (χ1) is 16.6. The van der Waals surface area contributed by atoms with Crippen molar-refractivity contribution >= 4 is 17.7 Å². The maximum absolute atomic E-state index is 12.4. The average molecular weight is 471 g/mol. The van der Waals surface area contributed by atoms with Crippen molar-refractivity contribution in [1.29, 1.82) is 0 Å². The van der Waals surface area contributed by atoms with Crippen LogP contribution < -0.4 is 5.32 Å². The highest BCUT2D eigenvalue weighted by atomic mass is 32.2. The second-order valence-corrected chi connectivity index (χ2v) is 9.40. The van der Waals surface area contributed by atoms with Crippen molar-refractivity contribution in [3.05, 3.63) is 107 Å². The lowest BCUT2D eigenvalue weighted by molar-refractivity contribution is -0.121. The number of hydrogen-bond donors (Lipinski definition) is 1. The second kappa shape index (κ2) is 11.7. The zero-order valence-corrected chi connectivity index (χ0v) is 20.5. The van der Waals surface area contributed by atoms with Crippen LogP contribution in [0.4, 0.5) is 0 Å². The molecular formula is C28H30N4OS. The fourth-order valence-corrected chi connectivity index (χ4v) is 4.78. The van der Waals surface area contributed by atoms with E-state index in [9.17, 15) is 4.79 Å². The minimum atomic E-state index is 0.00560. The molecule has 174 valence electrons. The van der Waals surface area contributed by atoms with Crippen LogP contribution in [0.1, 0.15) is 48.3 Å². The summed E-state index contributed by atoms with van der Waals surface area (Å²) in [6.45, 7) is 4.12. The summed E-state index contributed by atoms with van der Waals surface area (Å²) in [6.07, 6.45) is 1.97. The number of hydrogen-bond acceptors (Lipinski definition) is 4. The number of rotatable bonds is 10. The molecule has 1 N–H and O–H groups in total. The van der Waals surface area contributed by atoms with Crippen LogP contribution in [0.15, 0.2) is 90.1 Å². The number of nitrogens with one attached hydrogen (secondary N) is 1. The number of aryl methyl sites for hydroxylation is 1. The highest BCUT2D eigenvalue weighted by molar-refractivity contribution is 7.99. The number of benzene rings is 3. The van der Waals surface area contributed by atoms with Crippen molar-refractivity contribution in [1.82, 2.24) is 20.1 Å². The van der Waals surface area contributed by atoms with Crippen molar-refractivity contribution < 1.29 is 4.79 Å². The Balaban J connectivity index is 1.40. The van der Waals surface area contributed by atoms with E-state index in [-0.39, 0.29) is 11.9 Å². The zero-order chi connectivity index (χ0) is 23.8. The van der Waals surface area contributed by atoms with Crippen molar-refractivity contribution in [3.8, 4) is 5.69 Å². The molecular weight excluding hydrogens is 440 g/mol. The first kappa shape index (κ1) is 23.8. The molecule has 0 saturated carbocycles. The fourth-order valence-electron chi connectivity index (χ4n) is 3.88. The van der Waals surface area contributed by atoms with E-state index in [1.807, 2.05) is 67.6 Å². The highest BCUT2D eigenvalue weighted by Crippen LogP contribution is 2.26. The van der Waals surface area contributed by atoms with Gasteiger partial charge < -0.3 is 5.32 Å². The molecule has 5 nitrogen and oxygen atoms in total. The SMILES string of the molecule is Cc1ccccc1-n1c(Cc2ccccc2)nnc1SCCCC(=O)NC(C)c1ccccc1. The number of aromatic nitrogens is 3. The van der Waals surface area contributed by atoms with Gasteiger partial charge in [-0.05, 0) is 43.0 Å². The molecule has 0 aliphatic carbocycles. The molecule has 0 aliphatic rings. The van der Waals surface area contributed by atoms with Gasteiger partial charge in [-0.1, -0.05) is 90.6 Å². The molecule has 34 heavy (non-hydrogen) atoms. The third kappa shape index (κ3) is 6.14. The van der Waals surface area contributed by atoms with Crippen LogP contribution in [0, 0.1) is 6.92 Å². The number of thioether (sulfide) groups is 1. The Morgan fingerprint density at radius 1 is 0.941 bits per heavy atom. The summed E-state index contributed by atoms with van der Waals surface area (Å²) in [5, 5.41) is 13.0. The summed E-state index contributed by atoms with van der Waals surface area (Å²) in [5.74, 6) is 1.78. The number of carbonyl (C=O) groups excluding carboxylic acids is 1. The van der Waals surface area contributed by atoms with Gasteiger partial charge in [0.2, 0.25) is 5.91 Å². The molecule has 1 amide bonds. The Kier molecular flexibility index (Phi) is 8.15. The molecule has 0 aliphatic heterocycles. The molecule has 1 aromatic heterocycles. The van der Waals surface area contributed by atoms with Gasteiger partial charge in [0.1, 0.15) is 5.82 Å². The van der Waals surface area contributed by atoms with Crippen LogP contribution in [-0.4, -0.2) is 26.4 Å². The Morgan fingerprint density at radius 2 is 1.62 bits per heavy atom. The largest absolute Gasteiger partial charge is 0.350 e. The minimum Gasteiger partial charge on any atom is -0.350 e. The van der Waals surface area contributed by atoms with Crippen LogP contribution in [0.5, 0.6) is 0 Å². The highest BCUT2D eigenvalue weighted by Gasteiger charge is 2.17. The van der Waals surface area contributed by atoms with E-state index in [2.05, 4.69) is 51.3 Å². The molecule has 1 unspecified atom stereocenters. The van der Waals surface area contributed by atoms with Crippen LogP contribution in [0.2, 0.25) is 0 Å². The van der Waals surface area contributed by atoms with Gasteiger partial charge in [0.25, 0.3) is 0 Å². The smallest absolute Gasteiger partial charge is 0.220 e. The van der Waals surface area contributed by atoms with E-state index in [1.165, 1.54) is 11.1 Å². The van der Waals surface area contributed by atoms with E-state index >= 15 is 0 Å². The van der Waals surface area contributed by atoms with Gasteiger partial charge in [0.15, 0.2) is 5.16 Å². The third-order valence-corrected chi connectivity index (χ3v) is 6.73. The molecule has 6 heteroatoms. The predicted molar refractivity (Wildman–Crippen MR) is 138 cm³/mol. The lowest BCUT2D eigenvalue weighted by Crippen LogP contribution is -2.26.